The lowest BCUT2D eigenvalue weighted by molar-refractivity contribution is -0.195. The maximum Gasteiger partial charge on any atom is 0.434 e. The van der Waals surface area contributed by atoms with E-state index in [2.05, 4.69) is 11.2 Å². The van der Waals surface area contributed by atoms with Gasteiger partial charge in [0, 0.05) is 0 Å². The minimum Gasteiger partial charge on any atom is -0.478 e. The number of alkyl carbamates (subject to hydrolysis) is 1. The van der Waals surface area contributed by atoms with E-state index in [1.165, 1.54) is 20.8 Å². The van der Waals surface area contributed by atoms with E-state index in [0.29, 0.717) is 0 Å². The number of alkyl halides is 3. The van der Waals surface area contributed by atoms with Crippen LogP contribution in [0.3, 0.4) is 0 Å². The van der Waals surface area contributed by atoms with Crippen LogP contribution in [0.5, 0.6) is 0 Å². The van der Waals surface area contributed by atoms with E-state index < -0.39 is 29.4 Å². The fraction of sp³-hybridized carbons (Fsp3) is 0.600. The summed E-state index contributed by atoms with van der Waals surface area (Å²) < 4.78 is 42.4. The third-order valence-corrected chi connectivity index (χ3v) is 1.65. The van der Waals surface area contributed by atoms with Crippen molar-refractivity contribution in [2.75, 3.05) is 0 Å². The summed E-state index contributed by atoms with van der Waals surface area (Å²) in [6.45, 7) is 4.20. The van der Waals surface area contributed by atoms with E-state index in [4.69, 9.17) is 5.11 Å². The summed E-state index contributed by atoms with van der Waals surface area (Å²) in [6.07, 6.45) is -2.34. The van der Waals surface area contributed by atoms with E-state index in [1.54, 1.807) is 0 Å². The third-order valence-electron chi connectivity index (χ3n) is 1.65. The minimum absolute atomic E-state index is 1.04. The number of aliphatic carboxylic acids is 1. The van der Waals surface area contributed by atoms with Crippen LogP contribution in [-0.4, -0.2) is 34.5 Å². The van der Waals surface area contributed by atoms with E-state index in [1.807, 2.05) is 0 Å². The molecule has 0 aliphatic rings. The SMILES string of the molecule is C#CC(NC(=O)OC(C)(C)C)(C(=O)O)C(F)(F)F. The second-order valence-electron chi connectivity index (χ2n) is 4.32. The quantitative estimate of drug-likeness (QED) is 0.744. The number of nitrogens with one attached hydrogen (secondary N) is 1. The number of carboxylic acid groups (broad SMARTS) is 1. The molecule has 0 aliphatic carbocycles. The zero-order chi connectivity index (χ0) is 14.8. The highest BCUT2D eigenvalue weighted by molar-refractivity contribution is 5.89. The fourth-order valence-electron chi connectivity index (χ4n) is 0.882. The molecule has 0 bridgehead atoms. The lowest BCUT2D eigenvalue weighted by atomic mass is 10.0. The Kier molecular flexibility index (Phi) is 4.25. The number of rotatable bonds is 2. The van der Waals surface area contributed by atoms with Crippen LogP contribution < -0.4 is 5.32 Å². The summed E-state index contributed by atoms with van der Waals surface area (Å²) in [7, 11) is 0. The molecule has 0 aromatic heterocycles. The summed E-state index contributed by atoms with van der Waals surface area (Å²) in [4.78, 5) is 21.9. The molecule has 0 aromatic carbocycles. The number of terminal acetylenes is 1. The summed E-state index contributed by atoms with van der Waals surface area (Å²) in [5.41, 5.74) is -4.90. The fourth-order valence-corrected chi connectivity index (χ4v) is 0.882. The zero-order valence-electron chi connectivity index (χ0n) is 9.88. The highest BCUT2D eigenvalue weighted by Gasteiger charge is 2.62. The summed E-state index contributed by atoms with van der Waals surface area (Å²) in [5.74, 6) is -1.38. The van der Waals surface area contributed by atoms with Gasteiger partial charge in [-0.3, -0.25) is 5.32 Å². The maximum absolute atomic E-state index is 12.6. The molecule has 0 saturated carbocycles. The molecule has 1 amide bonds. The van der Waals surface area contributed by atoms with Gasteiger partial charge in [0.1, 0.15) is 5.60 Å². The molecule has 0 spiro atoms. The minimum atomic E-state index is -5.36. The molecule has 0 aliphatic heterocycles. The first-order chi connectivity index (χ1) is 7.85. The largest absolute Gasteiger partial charge is 0.478 e. The van der Waals surface area contributed by atoms with E-state index in [9.17, 15) is 22.8 Å². The molecule has 0 fully saturated rings. The number of halogens is 3. The van der Waals surface area contributed by atoms with Gasteiger partial charge in [-0.1, -0.05) is 5.92 Å². The molecule has 102 valence electrons. The van der Waals surface area contributed by atoms with Gasteiger partial charge < -0.3 is 9.84 Å². The van der Waals surface area contributed by atoms with Crippen molar-refractivity contribution in [1.29, 1.82) is 0 Å². The number of carbonyl (C=O) groups is 2. The number of amides is 1. The van der Waals surface area contributed by atoms with Crippen LogP contribution in [0.2, 0.25) is 0 Å². The number of hydrogen-bond acceptors (Lipinski definition) is 3. The summed E-state index contributed by atoms with van der Waals surface area (Å²) in [6, 6.07) is 0. The van der Waals surface area contributed by atoms with Crippen molar-refractivity contribution in [2.45, 2.75) is 38.1 Å². The first-order valence-corrected chi connectivity index (χ1v) is 4.65. The Morgan fingerprint density at radius 2 is 1.72 bits per heavy atom. The topological polar surface area (TPSA) is 75.6 Å². The Bertz CT molecular complexity index is 391. The highest BCUT2D eigenvalue weighted by Crippen LogP contribution is 2.30. The number of carboxylic acids is 1. The average Bonchev–Trinajstić information content (AvgIpc) is 2.08. The lowest BCUT2D eigenvalue weighted by Gasteiger charge is -2.29. The molecular formula is C10H12F3NO4. The molecule has 0 aromatic rings. The molecule has 1 atom stereocenters. The van der Waals surface area contributed by atoms with Crippen molar-refractivity contribution in [1.82, 2.24) is 5.32 Å². The molecule has 18 heavy (non-hydrogen) atoms. The molecule has 0 saturated heterocycles. The Labute approximate surface area is 101 Å². The number of hydrogen-bond donors (Lipinski definition) is 2. The molecule has 2 N–H and O–H groups in total. The van der Waals surface area contributed by atoms with Crippen LogP contribution in [0.25, 0.3) is 0 Å². The summed E-state index contributed by atoms with van der Waals surface area (Å²) in [5, 5.41) is 9.73. The second-order valence-corrected chi connectivity index (χ2v) is 4.32. The number of ether oxygens (including phenoxy) is 1. The van der Waals surface area contributed by atoms with Gasteiger partial charge >= 0.3 is 18.2 Å². The van der Waals surface area contributed by atoms with Crippen molar-refractivity contribution < 1.29 is 32.6 Å². The van der Waals surface area contributed by atoms with E-state index in [0.717, 1.165) is 11.2 Å². The molecular weight excluding hydrogens is 255 g/mol. The van der Waals surface area contributed by atoms with Gasteiger partial charge in [-0.05, 0) is 20.8 Å². The van der Waals surface area contributed by atoms with Gasteiger partial charge in [-0.15, -0.1) is 6.42 Å². The Morgan fingerprint density at radius 1 is 1.28 bits per heavy atom. The van der Waals surface area contributed by atoms with Gasteiger partial charge in [-0.2, -0.15) is 13.2 Å². The Hall–Kier alpha value is -1.91. The predicted molar refractivity (Wildman–Crippen MR) is 54.6 cm³/mol. The van der Waals surface area contributed by atoms with Gasteiger partial charge in [0.05, 0.1) is 0 Å². The monoisotopic (exact) mass is 267 g/mol. The molecule has 0 rings (SSSR count). The third kappa shape index (κ3) is 3.55. The van der Waals surface area contributed by atoms with Crippen LogP contribution in [0, 0.1) is 12.3 Å². The van der Waals surface area contributed by atoms with Gasteiger partial charge in [0.25, 0.3) is 5.54 Å². The maximum atomic E-state index is 12.6. The molecule has 8 heteroatoms. The normalized spacial score (nSPS) is 15.2. The van der Waals surface area contributed by atoms with Crippen molar-refractivity contribution in [3.8, 4) is 12.3 Å². The molecule has 1 unspecified atom stereocenters. The standard InChI is InChI=1S/C10H12F3NO4/c1-5-9(6(15)16,10(11,12)13)14-7(17)18-8(2,3)4/h1H,2-4H3,(H,14,17)(H,15,16). The molecule has 0 radical (unpaired) electrons. The zero-order valence-corrected chi connectivity index (χ0v) is 9.88. The van der Waals surface area contributed by atoms with Crippen LogP contribution in [-0.2, 0) is 9.53 Å². The van der Waals surface area contributed by atoms with E-state index in [-0.39, 0.29) is 0 Å². The van der Waals surface area contributed by atoms with Crippen LogP contribution in [0.1, 0.15) is 20.8 Å². The van der Waals surface area contributed by atoms with Crippen molar-refractivity contribution in [2.24, 2.45) is 0 Å². The highest BCUT2D eigenvalue weighted by atomic mass is 19.4. The van der Waals surface area contributed by atoms with Crippen LogP contribution >= 0.6 is 0 Å². The molecule has 0 heterocycles. The van der Waals surface area contributed by atoms with Crippen molar-refractivity contribution in [3.63, 3.8) is 0 Å². The smallest absolute Gasteiger partial charge is 0.434 e. The lowest BCUT2D eigenvalue weighted by Crippen LogP contribution is -2.63. The van der Waals surface area contributed by atoms with Crippen LogP contribution in [0.4, 0.5) is 18.0 Å². The van der Waals surface area contributed by atoms with Gasteiger partial charge in [0.2, 0.25) is 0 Å². The number of carbonyl (C=O) groups excluding carboxylic acids is 1. The first-order valence-electron chi connectivity index (χ1n) is 4.65. The van der Waals surface area contributed by atoms with E-state index >= 15 is 0 Å². The second kappa shape index (κ2) is 4.76. The average molecular weight is 267 g/mol. The van der Waals surface area contributed by atoms with Gasteiger partial charge in [-0.25, -0.2) is 9.59 Å². The predicted octanol–water partition coefficient (Wildman–Crippen LogP) is 1.53. The van der Waals surface area contributed by atoms with Crippen LogP contribution in [0.15, 0.2) is 0 Å². The Balaban J connectivity index is 5.25. The van der Waals surface area contributed by atoms with Crippen molar-refractivity contribution in [3.05, 3.63) is 0 Å². The Morgan fingerprint density at radius 3 is 1.94 bits per heavy atom. The van der Waals surface area contributed by atoms with Crippen molar-refractivity contribution >= 4 is 12.1 Å². The first kappa shape index (κ1) is 16.1. The van der Waals surface area contributed by atoms with Gasteiger partial charge in [0.15, 0.2) is 0 Å². The molecule has 5 nitrogen and oxygen atoms in total. The summed E-state index contributed by atoms with van der Waals surface area (Å²) >= 11 is 0.